The third-order valence-corrected chi connectivity index (χ3v) is 4.47. The first-order chi connectivity index (χ1) is 10.2. The molecule has 5 nitrogen and oxygen atoms in total. The molecule has 1 aliphatic heterocycles. The lowest BCUT2D eigenvalue weighted by atomic mass is 9.66. The molecule has 1 aromatic rings. The molecular formula is C16H21BO5. The van der Waals surface area contributed by atoms with E-state index in [0.717, 1.165) is 11.8 Å². The van der Waals surface area contributed by atoms with Crippen LogP contribution in [0.4, 0.5) is 0 Å². The second-order valence-electron chi connectivity index (χ2n) is 6.62. The highest BCUT2D eigenvalue weighted by atomic mass is 16.7. The predicted octanol–water partition coefficient (Wildman–Crippen LogP) is 2.69. The zero-order chi connectivity index (χ0) is 16.5. The number of aldehydes is 1. The summed E-state index contributed by atoms with van der Waals surface area (Å²) in [7, 11) is -0.664. The standard InChI is InChI=1S/C16H21BO5/c1-15(2)16(3,4)22-17(21-15)13(9-14(19)20)12-7-5-6-11(8-12)10-18/h5-8,10,13H,9H2,1-4H3,(H,19,20). The van der Waals surface area contributed by atoms with Gasteiger partial charge in [0.15, 0.2) is 0 Å². The summed E-state index contributed by atoms with van der Waals surface area (Å²) in [4.78, 5) is 22.2. The first-order valence-corrected chi connectivity index (χ1v) is 7.29. The predicted molar refractivity (Wildman–Crippen MR) is 82.9 cm³/mol. The fourth-order valence-corrected chi connectivity index (χ4v) is 2.48. The lowest BCUT2D eigenvalue weighted by Gasteiger charge is -2.32. The molecule has 2 rings (SSSR count). The fraction of sp³-hybridized carbons (Fsp3) is 0.500. The molecule has 1 aromatic carbocycles. The zero-order valence-electron chi connectivity index (χ0n) is 13.3. The summed E-state index contributed by atoms with van der Waals surface area (Å²) in [5.41, 5.74) is 0.169. The van der Waals surface area contributed by atoms with Gasteiger partial charge < -0.3 is 14.4 Å². The van der Waals surface area contributed by atoms with Crippen LogP contribution in [-0.4, -0.2) is 35.7 Å². The number of aliphatic carboxylic acids is 1. The van der Waals surface area contributed by atoms with Crippen molar-refractivity contribution in [3.63, 3.8) is 0 Å². The normalized spacial score (nSPS) is 20.6. The van der Waals surface area contributed by atoms with Crippen molar-refractivity contribution >= 4 is 19.4 Å². The monoisotopic (exact) mass is 304 g/mol. The SMILES string of the molecule is CC1(C)OB(C(CC(=O)O)c2cccc(C=O)c2)OC1(C)C. The van der Waals surface area contributed by atoms with Gasteiger partial charge in [0, 0.05) is 11.4 Å². The van der Waals surface area contributed by atoms with Crippen LogP contribution >= 0.6 is 0 Å². The lowest BCUT2D eigenvalue weighted by molar-refractivity contribution is -0.137. The molecule has 6 heteroatoms. The highest BCUT2D eigenvalue weighted by molar-refractivity contribution is 6.48. The van der Waals surface area contributed by atoms with Crippen LogP contribution in [0, 0.1) is 0 Å². The number of hydrogen-bond acceptors (Lipinski definition) is 4. The fourth-order valence-electron chi connectivity index (χ4n) is 2.48. The van der Waals surface area contributed by atoms with E-state index in [4.69, 9.17) is 9.31 Å². The van der Waals surface area contributed by atoms with Crippen LogP contribution in [0.3, 0.4) is 0 Å². The van der Waals surface area contributed by atoms with Crippen molar-refractivity contribution in [2.45, 2.75) is 51.1 Å². The molecule has 1 saturated heterocycles. The Hall–Kier alpha value is -1.66. The maximum atomic E-state index is 11.2. The van der Waals surface area contributed by atoms with E-state index in [9.17, 15) is 14.7 Å². The van der Waals surface area contributed by atoms with Gasteiger partial charge in [0.05, 0.1) is 17.6 Å². The topological polar surface area (TPSA) is 72.8 Å². The largest absolute Gasteiger partial charge is 0.481 e. The average molecular weight is 304 g/mol. The van der Waals surface area contributed by atoms with Gasteiger partial charge in [-0.2, -0.15) is 0 Å². The molecule has 0 spiro atoms. The van der Waals surface area contributed by atoms with E-state index in [1.165, 1.54) is 0 Å². The van der Waals surface area contributed by atoms with E-state index in [-0.39, 0.29) is 6.42 Å². The molecule has 0 saturated carbocycles. The molecule has 1 atom stereocenters. The highest BCUT2D eigenvalue weighted by Gasteiger charge is 2.54. The average Bonchev–Trinajstić information content (AvgIpc) is 2.64. The molecule has 0 bridgehead atoms. The number of carbonyl (C=O) groups is 2. The first kappa shape index (κ1) is 16.7. The second kappa shape index (κ2) is 5.86. The van der Waals surface area contributed by atoms with Gasteiger partial charge in [-0.15, -0.1) is 0 Å². The number of carboxylic acids is 1. The Morgan fingerprint density at radius 2 is 1.86 bits per heavy atom. The molecule has 0 amide bonds. The van der Waals surface area contributed by atoms with Gasteiger partial charge >= 0.3 is 13.1 Å². The summed E-state index contributed by atoms with van der Waals surface area (Å²) in [6.45, 7) is 7.69. The van der Waals surface area contributed by atoms with Crippen LogP contribution in [0.2, 0.25) is 0 Å². The van der Waals surface area contributed by atoms with Crippen LogP contribution in [-0.2, 0) is 14.1 Å². The van der Waals surface area contributed by atoms with E-state index in [1.54, 1.807) is 24.3 Å². The maximum Gasteiger partial charge on any atom is 0.466 e. The van der Waals surface area contributed by atoms with Crippen LogP contribution in [0.5, 0.6) is 0 Å². The molecule has 1 aliphatic rings. The summed E-state index contributed by atoms with van der Waals surface area (Å²) in [6.07, 6.45) is 0.616. The van der Waals surface area contributed by atoms with E-state index in [0.29, 0.717) is 5.56 Å². The van der Waals surface area contributed by atoms with Crippen molar-refractivity contribution in [1.29, 1.82) is 0 Å². The molecule has 0 radical (unpaired) electrons. The van der Waals surface area contributed by atoms with Gasteiger partial charge in [0.2, 0.25) is 0 Å². The Bertz CT molecular complexity index is 566. The van der Waals surface area contributed by atoms with Crippen molar-refractivity contribution in [2.75, 3.05) is 0 Å². The second-order valence-corrected chi connectivity index (χ2v) is 6.62. The Balaban J connectivity index is 2.35. The lowest BCUT2D eigenvalue weighted by Crippen LogP contribution is -2.41. The Morgan fingerprint density at radius 3 is 2.36 bits per heavy atom. The summed E-state index contributed by atoms with van der Waals surface area (Å²) in [5.74, 6) is -1.41. The Labute approximate surface area is 130 Å². The van der Waals surface area contributed by atoms with Crippen molar-refractivity contribution in [3.05, 3.63) is 35.4 Å². The first-order valence-electron chi connectivity index (χ1n) is 7.29. The molecule has 22 heavy (non-hydrogen) atoms. The molecule has 0 aliphatic carbocycles. The minimum absolute atomic E-state index is 0.126. The van der Waals surface area contributed by atoms with Crippen LogP contribution in [0.1, 0.15) is 55.9 Å². The quantitative estimate of drug-likeness (QED) is 0.669. The number of rotatable bonds is 5. The summed E-state index contributed by atoms with van der Waals surface area (Å²) in [5, 5.41) is 9.21. The van der Waals surface area contributed by atoms with Gasteiger partial charge in [-0.25, -0.2) is 0 Å². The third kappa shape index (κ3) is 3.23. The van der Waals surface area contributed by atoms with Crippen molar-refractivity contribution in [2.24, 2.45) is 0 Å². The van der Waals surface area contributed by atoms with Crippen molar-refractivity contribution < 1.29 is 24.0 Å². The number of benzene rings is 1. The minimum atomic E-state index is -0.934. The van der Waals surface area contributed by atoms with E-state index < -0.39 is 30.1 Å². The molecule has 1 heterocycles. The van der Waals surface area contributed by atoms with Gasteiger partial charge in [0.25, 0.3) is 0 Å². The number of carboxylic acid groups (broad SMARTS) is 1. The van der Waals surface area contributed by atoms with Gasteiger partial charge in [-0.3, -0.25) is 9.59 Å². The smallest absolute Gasteiger partial charge is 0.466 e. The molecule has 1 fully saturated rings. The molecular weight excluding hydrogens is 283 g/mol. The van der Waals surface area contributed by atoms with E-state index >= 15 is 0 Å². The van der Waals surface area contributed by atoms with Crippen LogP contribution < -0.4 is 0 Å². The minimum Gasteiger partial charge on any atom is -0.481 e. The molecule has 0 aromatic heterocycles. The van der Waals surface area contributed by atoms with E-state index in [2.05, 4.69) is 0 Å². The van der Waals surface area contributed by atoms with E-state index in [1.807, 2.05) is 27.7 Å². The van der Waals surface area contributed by atoms with Gasteiger partial charge in [-0.1, -0.05) is 18.2 Å². The molecule has 1 N–H and O–H groups in total. The van der Waals surface area contributed by atoms with Crippen LogP contribution in [0.25, 0.3) is 0 Å². The zero-order valence-corrected chi connectivity index (χ0v) is 13.3. The summed E-state index contributed by atoms with van der Waals surface area (Å²) >= 11 is 0. The summed E-state index contributed by atoms with van der Waals surface area (Å²) in [6, 6.07) is 6.90. The van der Waals surface area contributed by atoms with Crippen molar-refractivity contribution in [3.8, 4) is 0 Å². The highest BCUT2D eigenvalue weighted by Crippen LogP contribution is 2.41. The Kier molecular flexibility index (Phi) is 4.45. The van der Waals surface area contributed by atoms with Gasteiger partial charge in [-0.05, 0) is 39.3 Å². The van der Waals surface area contributed by atoms with Crippen molar-refractivity contribution in [1.82, 2.24) is 0 Å². The Morgan fingerprint density at radius 1 is 1.27 bits per heavy atom. The molecule has 118 valence electrons. The number of carbonyl (C=O) groups excluding carboxylic acids is 1. The summed E-state index contributed by atoms with van der Waals surface area (Å²) < 4.78 is 12.0. The molecule has 1 unspecified atom stereocenters. The third-order valence-electron chi connectivity index (χ3n) is 4.47. The maximum absolute atomic E-state index is 11.2. The number of hydrogen-bond donors (Lipinski definition) is 1. The van der Waals surface area contributed by atoms with Crippen LogP contribution in [0.15, 0.2) is 24.3 Å². The van der Waals surface area contributed by atoms with Gasteiger partial charge in [0.1, 0.15) is 6.29 Å².